The van der Waals surface area contributed by atoms with Gasteiger partial charge < -0.3 is 0 Å². The number of rotatable bonds is 6. The molecule has 3 aromatic rings. The lowest BCUT2D eigenvalue weighted by Gasteiger charge is -2.26. The van der Waals surface area contributed by atoms with E-state index in [0.29, 0.717) is 12.3 Å². The van der Waals surface area contributed by atoms with E-state index in [-0.39, 0.29) is 11.4 Å². The first-order valence-corrected chi connectivity index (χ1v) is 10.9. The van der Waals surface area contributed by atoms with Gasteiger partial charge in [-0.3, -0.25) is 0 Å². The van der Waals surface area contributed by atoms with Gasteiger partial charge in [0, 0.05) is 0 Å². The van der Waals surface area contributed by atoms with Crippen molar-refractivity contribution in [1.29, 1.82) is 5.26 Å². The van der Waals surface area contributed by atoms with Crippen molar-refractivity contribution in [2.75, 3.05) is 0 Å². The number of fused-ring (bicyclic) bond motifs is 2. The molecule has 0 radical (unpaired) electrons. The Morgan fingerprint density at radius 1 is 1.00 bits per heavy atom. The van der Waals surface area contributed by atoms with E-state index in [1.165, 1.54) is 47.6 Å². The van der Waals surface area contributed by atoms with Crippen LogP contribution in [0.2, 0.25) is 0 Å². The maximum Gasteiger partial charge on any atom is 0.144 e. The fraction of sp³-hybridized carbons (Fsp3) is 0.370. The summed E-state index contributed by atoms with van der Waals surface area (Å²) in [5.74, 6) is 0.0985. The highest BCUT2D eigenvalue weighted by atomic mass is 19.1. The van der Waals surface area contributed by atoms with Gasteiger partial charge in [0.05, 0.1) is 5.56 Å². The van der Waals surface area contributed by atoms with E-state index >= 15 is 0 Å². The molecule has 3 aromatic carbocycles. The lowest BCUT2D eigenvalue weighted by atomic mass is 9.79. The molecule has 4 rings (SSSR count). The summed E-state index contributed by atoms with van der Waals surface area (Å²) in [6, 6.07) is 19.2. The summed E-state index contributed by atoms with van der Waals surface area (Å²) in [5, 5.41) is 11.6. The molecule has 1 aliphatic rings. The van der Waals surface area contributed by atoms with Crippen LogP contribution >= 0.6 is 0 Å². The average Bonchev–Trinajstić information content (AvgIpc) is 2.76. The van der Waals surface area contributed by atoms with Gasteiger partial charge in [0.25, 0.3) is 0 Å². The van der Waals surface area contributed by atoms with Crippen molar-refractivity contribution >= 4 is 10.8 Å². The van der Waals surface area contributed by atoms with Crippen molar-refractivity contribution < 1.29 is 4.39 Å². The third-order valence-corrected chi connectivity index (χ3v) is 6.39. The van der Waals surface area contributed by atoms with Crippen molar-refractivity contribution in [3.8, 4) is 6.07 Å². The normalized spacial score (nSPS) is 15.8. The third kappa shape index (κ3) is 4.20. The summed E-state index contributed by atoms with van der Waals surface area (Å²) in [5.41, 5.74) is 4.73. The maximum atomic E-state index is 14.4. The third-order valence-electron chi connectivity index (χ3n) is 6.39. The molecule has 1 aliphatic carbocycles. The minimum Gasteiger partial charge on any atom is -0.205 e. The number of benzene rings is 3. The number of hydrogen-bond acceptors (Lipinski definition) is 1. The molecule has 0 aromatic heterocycles. The summed E-state index contributed by atoms with van der Waals surface area (Å²) < 4.78 is 14.4. The summed E-state index contributed by atoms with van der Waals surface area (Å²) >= 11 is 0. The highest BCUT2D eigenvalue weighted by molar-refractivity contribution is 5.84. The second-order valence-electron chi connectivity index (χ2n) is 8.37. The number of aryl methyl sites for hydroxylation is 1. The molecule has 0 aliphatic heterocycles. The Labute approximate surface area is 173 Å². The Morgan fingerprint density at radius 3 is 2.66 bits per heavy atom. The molecule has 29 heavy (non-hydrogen) atoms. The molecule has 148 valence electrons. The molecule has 1 nitrogen and oxygen atoms in total. The average molecular weight is 386 g/mol. The first-order valence-electron chi connectivity index (χ1n) is 10.9. The Bertz CT molecular complexity index is 1060. The highest BCUT2D eigenvalue weighted by Gasteiger charge is 2.24. The molecule has 1 unspecified atom stereocenters. The van der Waals surface area contributed by atoms with Crippen molar-refractivity contribution in [2.24, 2.45) is 0 Å². The molecule has 0 saturated carbocycles. The summed E-state index contributed by atoms with van der Waals surface area (Å²) in [4.78, 5) is 0. The van der Waals surface area contributed by atoms with E-state index in [9.17, 15) is 4.39 Å². The molecule has 0 fully saturated rings. The van der Waals surface area contributed by atoms with Crippen LogP contribution in [0.25, 0.3) is 10.8 Å². The maximum absolute atomic E-state index is 14.4. The fourth-order valence-corrected chi connectivity index (χ4v) is 4.66. The first kappa shape index (κ1) is 19.6. The van der Waals surface area contributed by atoms with Gasteiger partial charge in [-0.1, -0.05) is 68.7 Å². The minimum absolute atomic E-state index is 0.165. The van der Waals surface area contributed by atoms with E-state index in [1.54, 1.807) is 6.07 Å². The number of nitriles is 1. The smallest absolute Gasteiger partial charge is 0.144 e. The number of halogens is 1. The number of hydrogen-bond donors (Lipinski definition) is 0. The largest absolute Gasteiger partial charge is 0.205 e. The van der Waals surface area contributed by atoms with Crippen LogP contribution in [-0.2, 0) is 19.3 Å². The van der Waals surface area contributed by atoms with Crippen molar-refractivity contribution in [3.63, 3.8) is 0 Å². The fourth-order valence-electron chi connectivity index (χ4n) is 4.66. The Morgan fingerprint density at radius 2 is 1.83 bits per heavy atom. The second kappa shape index (κ2) is 8.78. The van der Waals surface area contributed by atoms with Crippen LogP contribution in [0.3, 0.4) is 0 Å². The molecule has 0 N–H and O–H groups in total. The molecule has 0 saturated heterocycles. The molecular formula is C27H28FN. The van der Waals surface area contributed by atoms with Crippen LogP contribution in [0, 0.1) is 17.1 Å². The molecular weight excluding hydrogens is 357 g/mol. The van der Waals surface area contributed by atoms with Crippen LogP contribution in [-0.4, -0.2) is 0 Å². The zero-order chi connectivity index (χ0) is 20.2. The zero-order valence-electron chi connectivity index (χ0n) is 17.2. The van der Waals surface area contributed by atoms with Crippen LogP contribution in [0.5, 0.6) is 0 Å². The Hall–Kier alpha value is -2.66. The van der Waals surface area contributed by atoms with Gasteiger partial charge in [-0.15, -0.1) is 0 Å². The van der Waals surface area contributed by atoms with Crippen molar-refractivity contribution in [2.45, 2.75) is 64.2 Å². The van der Waals surface area contributed by atoms with Gasteiger partial charge in [-0.05, 0) is 77.1 Å². The zero-order valence-corrected chi connectivity index (χ0v) is 17.2. The van der Waals surface area contributed by atoms with E-state index in [2.05, 4.69) is 43.3 Å². The topological polar surface area (TPSA) is 23.8 Å². The van der Waals surface area contributed by atoms with E-state index in [1.807, 2.05) is 12.1 Å². The van der Waals surface area contributed by atoms with Crippen LogP contribution in [0.1, 0.15) is 72.8 Å². The molecule has 0 heterocycles. The van der Waals surface area contributed by atoms with Crippen LogP contribution in [0.15, 0.2) is 48.5 Å². The Balaban J connectivity index is 1.51. The van der Waals surface area contributed by atoms with Crippen LogP contribution in [0.4, 0.5) is 4.39 Å². The van der Waals surface area contributed by atoms with Crippen molar-refractivity contribution in [1.82, 2.24) is 0 Å². The summed E-state index contributed by atoms with van der Waals surface area (Å²) in [6.07, 6.45) is 8.82. The Kier molecular flexibility index (Phi) is 5.95. The van der Waals surface area contributed by atoms with E-state index in [4.69, 9.17) is 5.26 Å². The predicted octanol–water partition coefficient (Wildman–Crippen LogP) is 7.25. The quantitative estimate of drug-likeness (QED) is 0.410. The lowest BCUT2D eigenvalue weighted by Crippen LogP contribution is -2.15. The van der Waals surface area contributed by atoms with Crippen molar-refractivity contribution in [3.05, 3.63) is 82.2 Å². The van der Waals surface area contributed by atoms with Gasteiger partial charge in [0.2, 0.25) is 0 Å². The van der Waals surface area contributed by atoms with Gasteiger partial charge in [0.15, 0.2) is 0 Å². The lowest BCUT2D eigenvalue weighted by molar-refractivity contribution is 0.540. The molecule has 0 amide bonds. The second-order valence-corrected chi connectivity index (χ2v) is 8.37. The summed E-state index contributed by atoms with van der Waals surface area (Å²) in [7, 11) is 0. The minimum atomic E-state index is -0.312. The van der Waals surface area contributed by atoms with Gasteiger partial charge in [-0.25, -0.2) is 4.39 Å². The van der Waals surface area contributed by atoms with Gasteiger partial charge in [-0.2, -0.15) is 5.26 Å². The SMILES string of the molecule is CCCCCCc1ccc2cc(C3CCc4c(ccc(C#N)c4F)C3)ccc2c1. The predicted molar refractivity (Wildman–Crippen MR) is 118 cm³/mol. The summed E-state index contributed by atoms with van der Waals surface area (Å²) in [6.45, 7) is 2.25. The number of nitrogens with zero attached hydrogens (tertiary/aromatic N) is 1. The molecule has 0 bridgehead atoms. The van der Waals surface area contributed by atoms with Gasteiger partial charge >= 0.3 is 0 Å². The molecule has 2 heteroatoms. The van der Waals surface area contributed by atoms with Crippen LogP contribution < -0.4 is 0 Å². The first-order chi connectivity index (χ1) is 14.2. The van der Waals surface area contributed by atoms with E-state index in [0.717, 1.165) is 30.4 Å². The van der Waals surface area contributed by atoms with Gasteiger partial charge in [0.1, 0.15) is 11.9 Å². The molecule has 1 atom stereocenters. The molecule has 0 spiro atoms. The standard InChI is InChI=1S/C27H28FN/c1-2-3-4-5-6-19-7-8-21-16-22(10-9-20(21)15-19)23-13-14-26-24(17-23)11-12-25(18-29)27(26)28/h7-12,15-16,23H,2-6,13-14,17H2,1H3. The highest BCUT2D eigenvalue weighted by Crippen LogP contribution is 2.35. The number of unbranched alkanes of at least 4 members (excludes halogenated alkanes) is 3. The monoisotopic (exact) mass is 385 g/mol. The van der Waals surface area contributed by atoms with E-state index < -0.39 is 0 Å².